The van der Waals surface area contributed by atoms with Crippen LogP contribution in [0.5, 0.6) is 0 Å². The number of imidazole rings is 1. The van der Waals surface area contributed by atoms with Gasteiger partial charge in [-0.1, -0.05) is 0 Å². The van der Waals surface area contributed by atoms with Crippen LogP contribution in [0.2, 0.25) is 0 Å². The minimum atomic E-state index is 0.651. The first-order valence-corrected chi connectivity index (χ1v) is 9.13. The van der Waals surface area contributed by atoms with E-state index in [9.17, 15) is 0 Å². The molecule has 5 rings (SSSR count). The topological polar surface area (TPSA) is 59.3 Å². The van der Waals surface area contributed by atoms with Crippen molar-refractivity contribution in [1.82, 2.24) is 24.4 Å². The van der Waals surface area contributed by atoms with E-state index in [-0.39, 0.29) is 0 Å². The number of rotatable bonds is 3. The molecule has 0 N–H and O–H groups in total. The van der Waals surface area contributed by atoms with Gasteiger partial charge in [-0.2, -0.15) is 0 Å². The highest BCUT2D eigenvalue weighted by Gasteiger charge is 2.40. The van der Waals surface area contributed by atoms with Gasteiger partial charge in [-0.05, 0) is 18.8 Å². The maximum Gasteiger partial charge on any atom is 0.135 e. The van der Waals surface area contributed by atoms with Crippen LogP contribution in [0, 0.1) is 18.8 Å². The molecule has 132 valence electrons. The monoisotopic (exact) mass is 340 g/mol. The van der Waals surface area contributed by atoms with Crippen LogP contribution in [0.4, 0.5) is 5.82 Å². The molecule has 3 aliphatic heterocycles. The van der Waals surface area contributed by atoms with Crippen molar-refractivity contribution in [3.63, 3.8) is 0 Å². The van der Waals surface area contributed by atoms with Crippen LogP contribution in [0.15, 0.2) is 18.7 Å². The number of nitrogens with zero attached hydrogens (tertiary/aromatic N) is 6. The third-order valence-corrected chi connectivity index (χ3v) is 5.83. The maximum atomic E-state index is 5.49. The molecule has 3 aliphatic rings. The van der Waals surface area contributed by atoms with E-state index in [1.54, 1.807) is 6.33 Å². The minimum Gasteiger partial charge on any atom is -0.372 e. The van der Waals surface area contributed by atoms with Gasteiger partial charge in [0.2, 0.25) is 0 Å². The summed E-state index contributed by atoms with van der Waals surface area (Å²) >= 11 is 0. The van der Waals surface area contributed by atoms with Crippen molar-refractivity contribution >= 4 is 5.82 Å². The number of aryl methyl sites for hydroxylation is 1. The smallest absolute Gasteiger partial charge is 0.135 e. The zero-order valence-electron chi connectivity index (χ0n) is 14.6. The lowest BCUT2D eigenvalue weighted by molar-refractivity contribution is 0.0797. The molecule has 0 saturated carbocycles. The number of anilines is 1. The highest BCUT2D eigenvalue weighted by molar-refractivity contribution is 5.46. The quantitative estimate of drug-likeness (QED) is 0.833. The highest BCUT2D eigenvalue weighted by atomic mass is 16.5. The summed E-state index contributed by atoms with van der Waals surface area (Å²) in [6.07, 6.45) is 5.61. The summed E-state index contributed by atoms with van der Waals surface area (Å²) in [7, 11) is 0. The lowest BCUT2D eigenvalue weighted by Crippen LogP contribution is -2.30. The van der Waals surface area contributed by atoms with E-state index in [1.807, 2.05) is 12.4 Å². The normalized spacial score (nSPS) is 26.0. The van der Waals surface area contributed by atoms with Gasteiger partial charge in [0.25, 0.3) is 0 Å². The molecular formula is C18H24N6O. The molecule has 2 saturated heterocycles. The molecule has 2 unspecified atom stereocenters. The second-order valence-corrected chi connectivity index (χ2v) is 7.52. The molecule has 7 nitrogen and oxygen atoms in total. The van der Waals surface area contributed by atoms with E-state index in [0.717, 1.165) is 56.3 Å². The first kappa shape index (κ1) is 15.3. The Balaban J connectivity index is 1.24. The fourth-order valence-electron chi connectivity index (χ4n) is 4.63. The van der Waals surface area contributed by atoms with Crippen molar-refractivity contribution < 1.29 is 4.74 Å². The molecule has 0 radical (unpaired) electrons. The molecule has 0 aromatic carbocycles. The molecular weight excluding hydrogens is 316 g/mol. The zero-order chi connectivity index (χ0) is 16.8. The summed E-state index contributed by atoms with van der Waals surface area (Å²) in [5.74, 6) is 3.66. The van der Waals surface area contributed by atoms with E-state index < -0.39 is 0 Å². The SMILES string of the molecule is Cc1cncnc1N1CC2CN(Cc3cnc4n3CCOC4)CC2C1. The molecule has 0 aliphatic carbocycles. The third-order valence-electron chi connectivity index (χ3n) is 5.83. The van der Waals surface area contributed by atoms with Crippen LogP contribution in [-0.4, -0.2) is 57.2 Å². The first-order valence-electron chi connectivity index (χ1n) is 9.13. The predicted molar refractivity (Wildman–Crippen MR) is 93.1 cm³/mol. The lowest BCUT2D eigenvalue weighted by atomic mass is 10.0. The predicted octanol–water partition coefficient (Wildman–Crippen LogP) is 1.08. The molecule has 0 bridgehead atoms. The average molecular weight is 340 g/mol. The second-order valence-electron chi connectivity index (χ2n) is 7.52. The zero-order valence-corrected chi connectivity index (χ0v) is 14.6. The summed E-state index contributed by atoms with van der Waals surface area (Å²) < 4.78 is 7.83. The molecule has 7 heteroatoms. The Bertz CT molecular complexity index is 761. The summed E-state index contributed by atoms with van der Waals surface area (Å²) in [5, 5.41) is 0. The van der Waals surface area contributed by atoms with Crippen molar-refractivity contribution in [2.75, 3.05) is 37.7 Å². The summed E-state index contributed by atoms with van der Waals surface area (Å²) in [5.41, 5.74) is 2.51. The Hall–Kier alpha value is -1.99. The van der Waals surface area contributed by atoms with Crippen LogP contribution < -0.4 is 4.90 Å². The maximum absolute atomic E-state index is 5.49. The summed E-state index contributed by atoms with van der Waals surface area (Å²) in [6.45, 7) is 10.0. The number of fused-ring (bicyclic) bond motifs is 2. The standard InChI is InChI=1S/C18H24N6O/c1-13-4-19-12-21-18(13)23-8-14-6-22(7-15(14)9-23)10-16-5-20-17-11-25-3-2-24(16)17/h4-5,12,14-15H,2-3,6-11H2,1H3. The van der Waals surface area contributed by atoms with Gasteiger partial charge in [0.05, 0.1) is 12.3 Å². The molecule has 2 aromatic rings. The van der Waals surface area contributed by atoms with Crippen molar-refractivity contribution in [3.05, 3.63) is 35.8 Å². The Kier molecular flexibility index (Phi) is 3.71. The first-order chi connectivity index (χ1) is 12.3. The van der Waals surface area contributed by atoms with E-state index in [4.69, 9.17) is 4.74 Å². The van der Waals surface area contributed by atoms with E-state index in [1.165, 1.54) is 24.3 Å². The average Bonchev–Trinajstić information content (AvgIpc) is 3.29. The number of ether oxygens (including phenoxy) is 1. The molecule has 2 aromatic heterocycles. The second kappa shape index (κ2) is 6.07. The largest absolute Gasteiger partial charge is 0.372 e. The van der Waals surface area contributed by atoms with Gasteiger partial charge in [0.1, 0.15) is 24.6 Å². The van der Waals surface area contributed by atoms with Crippen molar-refractivity contribution in [2.24, 2.45) is 11.8 Å². The van der Waals surface area contributed by atoms with Crippen LogP contribution in [-0.2, 0) is 24.4 Å². The molecule has 0 amide bonds. The fraction of sp³-hybridized carbons (Fsp3) is 0.611. The molecule has 25 heavy (non-hydrogen) atoms. The van der Waals surface area contributed by atoms with Gasteiger partial charge < -0.3 is 14.2 Å². The Morgan fingerprint density at radius 1 is 1.12 bits per heavy atom. The highest BCUT2D eigenvalue weighted by Crippen LogP contribution is 2.34. The lowest BCUT2D eigenvalue weighted by Gasteiger charge is -2.24. The van der Waals surface area contributed by atoms with Gasteiger partial charge in [-0.3, -0.25) is 4.90 Å². The van der Waals surface area contributed by atoms with Gasteiger partial charge >= 0.3 is 0 Å². The van der Waals surface area contributed by atoms with E-state index in [0.29, 0.717) is 6.61 Å². The van der Waals surface area contributed by atoms with Gasteiger partial charge in [0, 0.05) is 57.2 Å². The fourth-order valence-corrected chi connectivity index (χ4v) is 4.63. The third kappa shape index (κ3) is 2.71. The number of likely N-dealkylation sites (tertiary alicyclic amines) is 1. The number of hydrogen-bond donors (Lipinski definition) is 0. The van der Waals surface area contributed by atoms with E-state index >= 15 is 0 Å². The molecule has 2 atom stereocenters. The Labute approximate surface area is 147 Å². The number of hydrogen-bond acceptors (Lipinski definition) is 6. The van der Waals surface area contributed by atoms with Crippen LogP contribution in [0.1, 0.15) is 17.1 Å². The van der Waals surface area contributed by atoms with Crippen molar-refractivity contribution in [2.45, 2.75) is 26.6 Å². The van der Waals surface area contributed by atoms with Gasteiger partial charge in [-0.25, -0.2) is 15.0 Å². The van der Waals surface area contributed by atoms with Crippen LogP contribution in [0.25, 0.3) is 0 Å². The Morgan fingerprint density at radius 3 is 2.76 bits per heavy atom. The Morgan fingerprint density at radius 2 is 1.96 bits per heavy atom. The van der Waals surface area contributed by atoms with Crippen molar-refractivity contribution in [1.29, 1.82) is 0 Å². The molecule has 0 spiro atoms. The number of aromatic nitrogens is 4. The molecule has 2 fully saturated rings. The van der Waals surface area contributed by atoms with Gasteiger partial charge in [0.15, 0.2) is 0 Å². The summed E-state index contributed by atoms with van der Waals surface area (Å²) in [4.78, 5) is 18.2. The van der Waals surface area contributed by atoms with Crippen molar-refractivity contribution in [3.8, 4) is 0 Å². The van der Waals surface area contributed by atoms with E-state index in [2.05, 4.69) is 36.2 Å². The minimum absolute atomic E-state index is 0.651. The van der Waals surface area contributed by atoms with Gasteiger partial charge in [-0.15, -0.1) is 0 Å². The van der Waals surface area contributed by atoms with Crippen LogP contribution >= 0.6 is 0 Å². The van der Waals surface area contributed by atoms with Crippen LogP contribution in [0.3, 0.4) is 0 Å². The summed E-state index contributed by atoms with van der Waals surface area (Å²) in [6, 6.07) is 0. The molecule has 5 heterocycles.